The summed E-state index contributed by atoms with van der Waals surface area (Å²) in [5, 5.41) is 6.21. The molecule has 0 aromatic heterocycles. The standard InChI is InChI=1S/C12H15F3N2/c1-16-5-9-7-17-6-8-4-10(12(13,14)15)2-3-11(8)9/h2-4,9,16-17H,5-7H2,1H3. The summed E-state index contributed by atoms with van der Waals surface area (Å²) in [5.41, 5.74) is 1.21. The third-order valence-corrected chi connectivity index (χ3v) is 3.07. The monoisotopic (exact) mass is 244 g/mol. The largest absolute Gasteiger partial charge is 0.416 e. The van der Waals surface area contributed by atoms with Gasteiger partial charge >= 0.3 is 6.18 Å². The lowest BCUT2D eigenvalue weighted by molar-refractivity contribution is -0.137. The molecule has 94 valence electrons. The number of hydrogen-bond donors (Lipinski definition) is 2. The van der Waals surface area contributed by atoms with E-state index in [-0.39, 0.29) is 5.92 Å². The van der Waals surface area contributed by atoms with Crippen LogP contribution in [0.3, 0.4) is 0 Å². The molecule has 17 heavy (non-hydrogen) atoms. The van der Waals surface area contributed by atoms with Gasteiger partial charge in [0.05, 0.1) is 5.56 Å². The first-order valence-electron chi connectivity index (χ1n) is 5.57. The Morgan fingerprint density at radius 1 is 1.41 bits per heavy atom. The highest BCUT2D eigenvalue weighted by Crippen LogP contribution is 2.33. The van der Waals surface area contributed by atoms with Crippen LogP contribution in [0, 0.1) is 0 Å². The summed E-state index contributed by atoms with van der Waals surface area (Å²) < 4.78 is 37.7. The molecule has 2 nitrogen and oxygen atoms in total. The normalized spacial score (nSPS) is 20.1. The van der Waals surface area contributed by atoms with E-state index >= 15 is 0 Å². The molecule has 0 spiro atoms. The van der Waals surface area contributed by atoms with Crippen LogP contribution in [0.2, 0.25) is 0 Å². The van der Waals surface area contributed by atoms with Crippen molar-refractivity contribution in [1.29, 1.82) is 0 Å². The average Bonchev–Trinajstić information content (AvgIpc) is 2.28. The van der Waals surface area contributed by atoms with Crippen LogP contribution >= 0.6 is 0 Å². The predicted molar refractivity (Wildman–Crippen MR) is 59.8 cm³/mol. The number of alkyl halides is 3. The SMILES string of the molecule is CNCC1CNCc2cc(C(F)(F)F)ccc21. The summed E-state index contributed by atoms with van der Waals surface area (Å²) in [6.45, 7) is 2.09. The molecular formula is C12H15F3N2. The quantitative estimate of drug-likeness (QED) is 0.832. The molecule has 1 aromatic carbocycles. The van der Waals surface area contributed by atoms with Gasteiger partial charge in [0, 0.05) is 25.6 Å². The van der Waals surface area contributed by atoms with Gasteiger partial charge in [0.15, 0.2) is 0 Å². The molecule has 0 aliphatic carbocycles. The maximum absolute atomic E-state index is 12.6. The molecule has 1 unspecified atom stereocenters. The molecule has 0 saturated carbocycles. The van der Waals surface area contributed by atoms with Gasteiger partial charge in [0.2, 0.25) is 0 Å². The van der Waals surface area contributed by atoms with Gasteiger partial charge in [-0.3, -0.25) is 0 Å². The highest BCUT2D eigenvalue weighted by molar-refractivity contribution is 5.37. The molecule has 1 atom stereocenters. The Hall–Kier alpha value is -1.07. The third-order valence-electron chi connectivity index (χ3n) is 3.07. The van der Waals surface area contributed by atoms with Crippen molar-refractivity contribution >= 4 is 0 Å². The van der Waals surface area contributed by atoms with Crippen molar-refractivity contribution < 1.29 is 13.2 Å². The summed E-state index contributed by atoms with van der Waals surface area (Å²) in [7, 11) is 1.85. The van der Waals surface area contributed by atoms with Gasteiger partial charge in [0.1, 0.15) is 0 Å². The molecule has 0 amide bonds. The maximum atomic E-state index is 12.6. The van der Waals surface area contributed by atoms with Crippen LogP contribution < -0.4 is 10.6 Å². The number of halogens is 3. The molecule has 1 aliphatic heterocycles. The van der Waals surface area contributed by atoms with E-state index in [1.165, 1.54) is 12.1 Å². The first-order chi connectivity index (χ1) is 8.02. The second kappa shape index (κ2) is 4.66. The van der Waals surface area contributed by atoms with E-state index in [2.05, 4.69) is 10.6 Å². The van der Waals surface area contributed by atoms with E-state index in [0.29, 0.717) is 6.54 Å². The molecule has 5 heteroatoms. The van der Waals surface area contributed by atoms with Crippen molar-refractivity contribution in [3.05, 3.63) is 34.9 Å². The van der Waals surface area contributed by atoms with E-state index in [1.54, 1.807) is 6.07 Å². The first-order valence-corrected chi connectivity index (χ1v) is 5.57. The summed E-state index contributed by atoms with van der Waals surface area (Å²) in [6.07, 6.45) is -4.26. The lowest BCUT2D eigenvalue weighted by Crippen LogP contribution is -2.33. The minimum Gasteiger partial charge on any atom is -0.319 e. The van der Waals surface area contributed by atoms with E-state index in [1.807, 2.05) is 7.05 Å². The minimum absolute atomic E-state index is 0.242. The summed E-state index contributed by atoms with van der Waals surface area (Å²) in [5.74, 6) is 0.242. The second-order valence-corrected chi connectivity index (χ2v) is 4.30. The molecule has 2 N–H and O–H groups in total. The fourth-order valence-corrected chi connectivity index (χ4v) is 2.25. The van der Waals surface area contributed by atoms with Crippen molar-refractivity contribution in [1.82, 2.24) is 10.6 Å². The zero-order valence-corrected chi connectivity index (χ0v) is 9.56. The van der Waals surface area contributed by atoms with Crippen LogP contribution in [0.25, 0.3) is 0 Å². The fourth-order valence-electron chi connectivity index (χ4n) is 2.25. The molecule has 1 aliphatic rings. The maximum Gasteiger partial charge on any atom is 0.416 e. The van der Waals surface area contributed by atoms with Gasteiger partial charge in [-0.05, 0) is 30.3 Å². The zero-order chi connectivity index (χ0) is 12.5. The van der Waals surface area contributed by atoms with Crippen LogP contribution in [0.15, 0.2) is 18.2 Å². The molecule has 0 saturated heterocycles. The van der Waals surface area contributed by atoms with Crippen molar-refractivity contribution in [2.75, 3.05) is 20.1 Å². The molecule has 1 aromatic rings. The zero-order valence-electron chi connectivity index (χ0n) is 9.56. The van der Waals surface area contributed by atoms with Gasteiger partial charge in [-0.15, -0.1) is 0 Å². The topological polar surface area (TPSA) is 24.1 Å². The van der Waals surface area contributed by atoms with Gasteiger partial charge in [-0.25, -0.2) is 0 Å². The Bertz CT molecular complexity index is 401. The van der Waals surface area contributed by atoms with Gasteiger partial charge in [0.25, 0.3) is 0 Å². The molecule has 0 fully saturated rings. The van der Waals surface area contributed by atoms with Crippen molar-refractivity contribution in [3.8, 4) is 0 Å². The number of likely N-dealkylation sites (N-methyl/N-ethyl adjacent to an activating group) is 1. The first kappa shape index (κ1) is 12.4. The molecule has 1 heterocycles. The van der Waals surface area contributed by atoms with Crippen LogP contribution in [0.1, 0.15) is 22.6 Å². The number of benzene rings is 1. The van der Waals surface area contributed by atoms with E-state index in [4.69, 9.17) is 0 Å². The number of rotatable bonds is 2. The highest BCUT2D eigenvalue weighted by atomic mass is 19.4. The number of nitrogens with one attached hydrogen (secondary N) is 2. The Labute approximate surface area is 98.2 Å². The van der Waals surface area contributed by atoms with Crippen LogP contribution in [0.4, 0.5) is 13.2 Å². The molecule has 0 radical (unpaired) electrons. The summed E-state index contributed by atoms with van der Waals surface area (Å²) >= 11 is 0. The smallest absolute Gasteiger partial charge is 0.319 e. The minimum atomic E-state index is -4.26. The third kappa shape index (κ3) is 2.61. The van der Waals surface area contributed by atoms with Gasteiger partial charge in [-0.1, -0.05) is 6.07 Å². The lowest BCUT2D eigenvalue weighted by Gasteiger charge is -2.27. The van der Waals surface area contributed by atoms with Crippen molar-refractivity contribution in [2.24, 2.45) is 0 Å². The molecular weight excluding hydrogens is 229 g/mol. The lowest BCUT2D eigenvalue weighted by atomic mass is 9.89. The predicted octanol–water partition coefficient (Wildman–Crippen LogP) is 2.11. The van der Waals surface area contributed by atoms with Gasteiger partial charge in [-0.2, -0.15) is 13.2 Å². The Morgan fingerprint density at radius 2 is 2.18 bits per heavy atom. The Morgan fingerprint density at radius 3 is 2.82 bits per heavy atom. The number of fused-ring (bicyclic) bond motifs is 1. The second-order valence-electron chi connectivity index (χ2n) is 4.30. The Balaban J connectivity index is 2.33. The summed E-state index contributed by atoms with van der Waals surface area (Å²) in [4.78, 5) is 0. The van der Waals surface area contributed by atoms with E-state index in [0.717, 1.165) is 24.2 Å². The highest BCUT2D eigenvalue weighted by Gasteiger charge is 2.32. The van der Waals surface area contributed by atoms with Gasteiger partial charge < -0.3 is 10.6 Å². The summed E-state index contributed by atoms with van der Waals surface area (Å²) in [6, 6.07) is 4.04. The van der Waals surface area contributed by atoms with Crippen LogP contribution in [-0.4, -0.2) is 20.1 Å². The van der Waals surface area contributed by atoms with Crippen LogP contribution in [-0.2, 0) is 12.7 Å². The van der Waals surface area contributed by atoms with Crippen LogP contribution in [0.5, 0.6) is 0 Å². The fraction of sp³-hybridized carbons (Fsp3) is 0.500. The Kier molecular flexibility index (Phi) is 3.40. The van der Waals surface area contributed by atoms with E-state index in [9.17, 15) is 13.2 Å². The average molecular weight is 244 g/mol. The van der Waals surface area contributed by atoms with E-state index < -0.39 is 11.7 Å². The molecule has 0 bridgehead atoms. The van der Waals surface area contributed by atoms with Crippen molar-refractivity contribution in [2.45, 2.75) is 18.6 Å². The molecule has 2 rings (SSSR count). The number of hydrogen-bond acceptors (Lipinski definition) is 2. The van der Waals surface area contributed by atoms with Crippen molar-refractivity contribution in [3.63, 3.8) is 0 Å².